The Bertz CT molecular complexity index is 1900. The highest BCUT2D eigenvalue weighted by Crippen LogP contribution is 2.29. The van der Waals surface area contributed by atoms with Crippen LogP contribution in [0.4, 0.5) is 0 Å². The lowest BCUT2D eigenvalue weighted by molar-refractivity contribution is 0.103. The van der Waals surface area contributed by atoms with Crippen molar-refractivity contribution in [3.8, 4) is 0 Å². The maximum absolute atomic E-state index is 13.5. The first-order valence-corrected chi connectivity index (χ1v) is 17.3. The summed E-state index contributed by atoms with van der Waals surface area (Å²) in [6, 6.07) is 38.4. The molecule has 0 spiro atoms. The van der Waals surface area contributed by atoms with Crippen LogP contribution in [0.1, 0.15) is 32.7 Å². The van der Waals surface area contributed by atoms with Crippen LogP contribution < -0.4 is 0 Å². The van der Waals surface area contributed by atoms with Gasteiger partial charge in [0.25, 0.3) is 0 Å². The van der Waals surface area contributed by atoms with E-state index in [1.54, 1.807) is 66.7 Å². The Balaban J connectivity index is 1.28. The molecular formula is C35H26ClNO5S3. The van der Waals surface area contributed by atoms with E-state index >= 15 is 0 Å². The van der Waals surface area contributed by atoms with Crippen molar-refractivity contribution < 1.29 is 22.3 Å². The molecule has 5 aromatic carbocycles. The van der Waals surface area contributed by atoms with Crippen molar-refractivity contribution in [1.82, 2.24) is 0 Å². The second kappa shape index (κ2) is 15.2. The first-order chi connectivity index (χ1) is 21.8. The molecule has 0 aliphatic rings. The Hall–Kier alpha value is -4.15. The summed E-state index contributed by atoms with van der Waals surface area (Å²) in [5, 5.41) is 4.46. The lowest BCUT2D eigenvalue weighted by atomic mass is 10.0. The van der Waals surface area contributed by atoms with E-state index in [9.17, 15) is 18.0 Å². The average Bonchev–Trinajstić information content (AvgIpc) is 3.08. The SMILES string of the molecule is O=C(C(CCSc1ccc(Cl)cc1)=NOS(=O)(=O)c1ccccc1)c1ccc(Sc2ccc(C(=O)c3ccccc3)cc2)cc1. The van der Waals surface area contributed by atoms with Gasteiger partial charge in [0, 0.05) is 48.6 Å². The molecule has 0 saturated carbocycles. The standard InChI is InChI=1S/C35H26ClNO5S3/c36-28-15-21-29(22-16-28)43-24-23-33(37-42-45(40,41)32-9-5-2-6-10-32)35(39)27-13-19-31(20-14-27)44-30-17-11-26(12-18-30)34(38)25-7-3-1-4-8-25/h1-22H,23-24H2. The number of hydrogen-bond donors (Lipinski definition) is 0. The van der Waals surface area contributed by atoms with E-state index in [2.05, 4.69) is 5.16 Å². The van der Waals surface area contributed by atoms with Crippen LogP contribution in [0.5, 0.6) is 0 Å². The molecule has 0 radical (unpaired) electrons. The minimum Gasteiger partial charge on any atom is -0.289 e. The van der Waals surface area contributed by atoms with E-state index in [1.165, 1.54) is 35.7 Å². The third kappa shape index (κ3) is 8.95. The number of carbonyl (C=O) groups is 2. The van der Waals surface area contributed by atoms with Crippen molar-refractivity contribution in [2.75, 3.05) is 5.75 Å². The number of oxime groups is 1. The molecular weight excluding hydrogens is 646 g/mol. The zero-order chi connectivity index (χ0) is 31.6. The molecule has 0 aliphatic heterocycles. The fourth-order valence-corrected chi connectivity index (χ4v) is 6.70. The van der Waals surface area contributed by atoms with E-state index < -0.39 is 15.9 Å². The van der Waals surface area contributed by atoms with Gasteiger partial charge in [0.15, 0.2) is 5.78 Å². The normalized spacial score (nSPS) is 11.6. The lowest BCUT2D eigenvalue weighted by Gasteiger charge is -2.08. The van der Waals surface area contributed by atoms with Gasteiger partial charge in [-0.15, -0.1) is 11.8 Å². The number of halogens is 1. The van der Waals surface area contributed by atoms with Crippen molar-refractivity contribution in [3.63, 3.8) is 0 Å². The maximum Gasteiger partial charge on any atom is 0.358 e. The number of benzene rings is 5. The highest BCUT2D eigenvalue weighted by molar-refractivity contribution is 7.99. The van der Waals surface area contributed by atoms with Crippen molar-refractivity contribution in [2.45, 2.75) is 26.0 Å². The summed E-state index contributed by atoms with van der Waals surface area (Å²) in [4.78, 5) is 28.9. The average molecular weight is 672 g/mol. The minimum absolute atomic E-state index is 0.0185. The Morgan fingerprint density at radius 1 is 0.644 bits per heavy atom. The molecule has 0 bridgehead atoms. The molecule has 0 fully saturated rings. The second-order valence-electron chi connectivity index (χ2n) is 9.61. The molecule has 0 amide bonds. The number of hydrogen-bond acceptors (Lipinski definition) is 8. The summed E-state index contributed by atoms with van der Waals surface area (Å²) in [5.41, 5.74) is 1.56. The van der Waals surface area contributed by atoms with E-state index in [1.807, 2.05) is 54.6 Å². The molecule has 6 nitrogen and oxygen atoms in total. The number of ketones is 2. The fraction of sp³-hybridized carbons (Fsp3) is 0.0571. The van der Waals surface area contributed by atoms with Crippen LogP contribution >= 0.6 is 35.1 Å². The zero-order valence-electron chi connectivity index (χ0n) is 23.7. The monoisotopic (exact) mass is 671 g/mol. The maximum atomic E-state index is 13.5. The summed E-state index contributed by atoms with van der Waals surface area (Å²) in [6.07, 6.45) is 0.168. The molecule has 10 heteroatoms. The molecule has 0 N–H and O–H groups in total. The highest BCUT2D eigenvalue weighted by atomic mass is 35.5. The number of rotatable bonds is 13. The van der Waals surface area contributed by atoms with E-state index in [-0.39, 0.29) is 22.8 Å². The molecule has 226 valence electrons. The van der Waals surface area contributed by atoms with Crippen LogP contribution in [0.15, 0.2) is 158 Å². The van der Waals surface area contributed by atoms with Crippen molar-refractivity contribution >= 4 is 62.5 Å². The van der Waals surface area contributed by atoms with Crippen LogP contribution in [0.3, 0.4) is 0 Å². The van der Waals surface area contributed by atoms with Crippen molar-refractivity contribution in [1.29, 1.82) is 0 Å². The molecule has 0 heterocycles. The summed E-state index contributed by atoms with van der Waals surface area (Å²) in [7, 11) is -4.20. The Morgan fingerprint density at radius 2 is 1.16 bits per heavy atom. The molecule has 0 unspecified atom stereocenters. The summed E-state index contributed by atoms with van der Waals surface area (Å²) in [6.45, 7) is 0. The molecule has 5 rings (SSSR count). The Morgan fingerprint density at radius 3 is 1.76 bits per heavy atom. The third-order valence-electron chi connectivity index (χ3n) is 6.47. The molecule has 0 aromatic heterocycles. The predicted octanol–water partition coefficient (Wildman–Crippen LogP) is 8.85. The van der Waals surface area contributed by atoms with Gasteiger partial charge in [0.1, 0.15) is 10.6 Å². The largest absolute Gasteiger partial charge is 0.358 e. The van der Waals surface area contributed by atoms with E-state index in [0.29, 0.717) is 27.5 Å². The minimum atomic E-state index is -4.20. The summed E-state index contributed by atoms with van der Waals surface area (Å²) >= 11 is 8.95. The van der Waals surface area contributed by atoms with Crippen LogP contribution in [-0.2, 0) is 14.4 Å². The lowest BCUT2D eigenvalue weighted by Crippen LogP contribution is -2.17. The molecule has 0 saturated heterocycles. The number of Topliss-reactive ketones (excluding diaryl/α,β-unsaturated/α-hetero) is 1. The quantitative estimate of drug-likeness (QED) is 0.0535. The fourth-order valence-electron chi connectivity index (χ4n) is 4.13. The molecule has 0 aliphatic carbocycles. The van der Waals surface area contributed by atoms with Crippen LogP contribution in [0.2, 0.25) is 5.02 Å². The smallest absolute Gasteiger partial charge is 0.289 e. The van der Waals surface area contributed by atoms with Gasteiger partial charge in [0.05, 0.1) is 0 Å². The first kappa shape index (κ1) is 32.2. The molecule has 45 heavy (non-hydrogen) atoms. The van der Waals surface area contributed by atoms with Crippen LogP contribution in [0, 0.1) is 0 Å². The molecule has 5 aromatic rings. The van der Waals surface area contributed by atoms with Gasteiger partial charge >= 0.3 is 10.1 Å². The van der Waals surface area contributed by atoms with Gasteiger partial charge in [-0.2, -0.15) is 8.42 Å². The summed E-state index contributed by atoms with van der Waals surface area (Å²) < 4.78 is 30.4. The van der Waals surface area contributed by atoms with Gasteiger partial charge in [-0.25, -0.2) is 0 Å². The third-order valence-corrected chi connectivity index (χ3v) is 9.87. The van der Waals surface area contributed by atoms with Crippen molar-refractivity contribution in [3.05, 3.63) is 155 Å². The van der Waals surface area contributed by atoms with Crippen molar-refractivity contribution in [2.24, 2.45) is 5.16 Å². The van der Waals surface area contributed by atoms with E-state index in [0.717, 1.165) is 14.7 Å². The van der Waals surface area contributed by atoms with E-state index in [4.69, 9.17) is 15.9 Å². The topological polar surface area (TPSA) is 89.9 Å². The number of nitrogens with zero attached hydrogens (tertiary/aromatic N) is 1. The summed E-state index contributed by atoms with van der Waals surface area (Å²) in [5.74, 6) is -0.0209. The van der Waals surface area contributed by atoms with Gasteiger partial charge in [-0.05, 0) is 84.9 Å². The van der Waals surface area contributed by atoms with Gasteiger partial charge in [-0.3, -0.25) is 13.9 Å². The van der Waals surface area contributed by atoms with Crippen LogP contribution in [-0.4, -0.2) is 31.4 Å². The van der Waals surface area contributed by atoms with Gasteiger partial charge in [0.2, 0.25) is 5.78 Å². The first-order valence-electron chi connectivity index (χ1n) is 13.7. The van der Waals surface area contributed by atoms with Gasteiger partial charge < -0.3 is 0 Å². The molecule has 0 atom stereocenters. The van der Waals surface area contributed by atoms with Crippen LogP contribution in [0.25, 0.3) is 0 Å². The predicted molar refractivity (Wildman–Crippen MR) is 180 cm³/mol. The zero-order valence-corrected chi connectivity index (χ0v) is 26.9. The second-order valence-corrected chi connectivity index (χ2v) is 13.9. The number of thioether (sulfide) groups is 1. The Kier molecular flexibility index (Phi) is 10.9. The number of carbonyl (C=O) groups excluding carboxylic acids is 2. The van der Waals surface area contributed by atoms with Gasteiger partial charge in [-0.1, -0.05) is 77.0 Å². The highest BCUT2D eigenvalue weighted by Gasteiger charge is 2.20. The Labute approximate surface area is 275 Å².